The van der Waals surface area contributed by atoms with E-state index < -0.39 is 0 Å². The molecule has 28 heavy (non-hydrogen) atoms. The van der Waals surface area contributed by atoms with E-state index >= 15 is 0 Å². The number of nitrogens with two attached hydrogens (primary N) is 1. The number of imidazole rings is 1. The van der Waals surface area contributed by atoms with E-state index in [0.717, 1.165) is 41.9 Å². The van der Waals surface area contributed by atoms with Crippen molar-refractivity contribution in [3.63, 3.8) is 0 Å². The first-order chi connectivity index (χ1) is 13.7. The second-order valence-electron chi connectivity index (χ2n) is 6.38. The molecule has 3 aromatic heterocycles. The largest absolute Gasteiger partial charge is 0.378 e. The lowest BCUT2D eigenvalue weighted by Gasteiger charge is -2.27. The summed E-state index contributed by atoms with van der Waals surface area (Å²) in [6.45, 7) is 11.2. The number of ether oxygens (including phenoxy) is 1. The fourth-order valence-corrected chi connectivity index (χ4v) is 2.99. The Morgan fingerprint density at radius 1 is 1.11 bits per heavy atom. The number of anilines is 2. The average Bonchev–Trinajstić information content (AvgIpc) is 3.19. The van der Waals surface area contributed by atoms with E-state index in [1.807, 2.05) is 20.2 Å². The second-order valence-corrected chi connectivity index (χ2v) is 6.38. The number of hydrogen-bond acceptors (Lipinski definition) is 8. The Labute approximate surface area is 165 Å². The summed E-state index contributed by atoms with van der Waals surface area (Å²) in [7, 11) is 0. The topological polar surface area (TPSA) is 108 Å². The third kappa shape index (κ3) is 3.89. The normalized spacial score (nSPS) is 15.2. The Kier molecular flexibility index (Phi) is 6.35. The van der Waals surface area contributed by atoms with E-state index in [4.69, 9.17) is 20.4 Å². The Bertz CT molecular complexity index is 902. The number of rotatable bonds is 4. The predicted octanol–water partition coefficient (Wildman–Crippen LogP) is 2.70. The molecular formula is C19H28N8O. The molecule has 1 aliphatic heterocycles. The van der Waals surface area contributed by atoms with Crippen LogP contribution in [-0.4, -0.2) is 55.8 Å². The number of nitrogen functional groups attached to an aromatic ring is 1. The van der Waals surface area contributed by atoms with Gasteiger partial charge in [0, 0.05) is 37.1 Å². The molecule has 4 heterocycles. The highest BCUT2D eigenvalue weighted by molar-refractivity contribution is 5.88. The summed E-state index contributed by atoms with van der Waals surface area (Å²) >= 11 is 0. The van der Waals surface area contributed by atoms with Gasteiger partial charge in [-0.25, -0.2) is 19.9 Å². The summed E-state index contributed by atoms with van der Waals surface area (Å²) in [4.78, 5) is 24.5. The molecule has 0 amide bonds. The van der Waals surface area contributed by atoms with Crippen LogP contribution in [0.4, 0.5) is 11.9 Å². The van der Waals surface area contributed by atoms with Gasteiger partial charge in [-0.2, -0.15) is 4.98 Å². The molecular weight excluding hydrogens is 356 g/mol. The molecule has 3 aromatic rings. The summed E-state index contributed by atoms with van der Waals surface area (Å²) in [6, 6.07) is 0.294. The van der Waals surface area contributed by atoms with Gasteiger partial charge < -0.3 is 19.9 Å². The van der Waals surface area contributed by atoms with Crippen molar-refractivity contribution in [3.05, 3.63) is 18.7 Å². The van der Waals surface area contributed by atoms with Crippen molar-refractivity contribution in [2.75, 3.05) is 36.9 Å². The number of nitrogens with zero attached hydrogens (tertiary/aromatic N) is 7. The van der Waals surface area contributed by atoms with Crippen molar-refractivity contribution in [2.24, 2.45) is 0 Å². The Hall–Kier alpha value is -2.81. The fourth-order valence-electron chi connectivity index (χ4n) is 2.99. The number of aromatic nitrogens is 6. The van der Waals surface area contributed by atoms with E-state index in [9.17, 15) is 0 Å². The van der Waals surface area contributed by atoms with Gasteiger partial charge in [-0.15, -0.1) is 0 Å². The van der Waals surface area contributed by atoms with Gasteiger partial charge in [-0.05, 0) is 13.3 Å². The van der Waals surface area contributed by atoms with Crippen molar-refractivity contribution in [3.8, 4) is 11.3 Å². The molecule has 1 atom stereocenters. The van der Waals surface area contributed by atoms with Gasteiger partial charge in [0.15, 0.2) is 5.65 Å². The van der Waals surface area contributed by atoms with Crippen LogP contribution in [0, 0.1) is 0 Å². The highest BCUT2D eigenvalue weighted by atomic mass is 16.5. The maximum Gasteiger partial charge on any atom is 0.228 e. The third-order valence-corrected chi connectivity index (χ3v) is 4.71. The van der Waals surface area contributed by atoms with Crippen LogP contribution in [0.15, 0.2) is 18.7 Å². The summed E-state index contributed by atoms with van der Waals surface area (Å²) in [5, 5.41) is 0. The molecule has 4 rings (SSSR count). The monoisotopic (exact) mass is 384 g/mol. The highest BCUT2D eigenvalue weighted by Crippen LogP contribution is 2.29. The zero-order chi connectivity index (χ0) is 20.1. The Morgan fingerprint density at radius 3 is 2.43 bits per heavy atom. The van der Waals surface area contributed by atoms with E-state index in [-0.39, 0.29) is 5.95 Å². The molecule has 0 spiro atoms. The van der Waals surface area contributed by atoms with E-state index in [1.54, 1.807) is 12.4 Å². The third-order valence-electron chi connectivity index (χ3n) is 4.71. The van der Waals surface area contributed by atoms with E-state index in [2.05, 4.69) is 38.3 Å². The van der Waals surface area contributed by atoms with Crippen LogP contribution in [0.5, 0.6) is 0 Å². The summed E-state index contributed by atoms with van der Waals surface area (Å²) in [6.07, 6.45) is 6.17. The molecule has 1 unspecified atom stereocenters. The SMILES string of the molecule is CC.CCC(C)n1cnc2c(-c3cnc(N)nc3)nc(N3CCOCC3)nc21. The lowest BCUT2D eigenvalue weighted by atomic mass is 10.2. The van der Waals surface area contributed by atoms with Gasteiger partial charge >= 0.3 is 0 Å². The summed E-state index contributed by atoms with van der Waals surface area (Å²) in [5.74, 6) is 0.912. The Morgan fingerprint density at radius 2 is 1.79 bits per heavy atom. The van der Waals surface area contributed by atoms with Crippen LogP contribution < -0.4 is 10.6 Å². The van der Waals surface area contributed by atoms with Crippen molar-refractivity contribution in [1.82, 2.24) is 29.5 Å². The molecule has 9 nitrogen and oxygen atoms in total. The summed E-state index contributed by atoms with van der Waals surface area (Å²) < 4.78 is 7.55. The van der Waals surface area contributed by atoms with Crippen LogP contribution in [0.1, 0.15) is 40.2 Å². The number of hydrogen-bond donors (Lipinski definition) is 1. The minimum atomic E-state index is 0.234. The first-order valence-corrected chi connectivity index (χ1v) is 9.82. The van der Waals surface area contributed by atoms with Crippen molar-refractivity contribution in [1.29, 1.82) is 0 Å². The molecule has 150 valence electrons. The molecule has 1 fully saturated rings. The first-order valence-electron chi connectivity index (χ1n) is 9.82. The maximum atomic E-state index is 5.63. The molecule has 0 aliphatic carbocycles. The molecule has 9 heteroatoms. The predicted molar refractivity (Wildman–Crippen MR) is 110 cm³/mol. The maximum absolute atomic E-state index is 5.63. The molecule has 1 saturated heterocycles. The lowest BCUT2D eigenvalue weighted by Crippen LogP contribution is -2.37. The smallest absolute Gasteiger partial charge is 0.228 e. The fraction of sp³-hybridized carbons (Fsp3) is 0.526. The molecule has 0 aromatic carbocycles. The second kappa shape index (κ2) is 8.92. The van der Waals surface area contributed by atoms with Gasteiger partial charge in [0.05, 0.1) is 19.5 Å². The van der Waals surface area contributed by atoms with Crippen molar-refractivity contribution >= 4 is 23.1 Å². The van der Waals surface area contributed by atoms with E-state index in [1.165, 1.54) is 0 Å². The van der Waals surface area contributed by atoms with Gasteiger partial charge in [0.2, 0.25) is 11.9 Å². The molecule has 1 aliphatic rings. The van der Waals surface area contributed by atoms with Crippen molar-refractivity contribution in [2.45, 2.75) is 40.2 Å². The molecule has 2 N–H and O–H groups in total. The quantitative estimate of drug-likeness (QED) is 0.731. The molecule has 0 saturated carbocycles. The van der Waals surface area contributed by atoms with Crippen LogP contribution in [0.25, 0.3) is 22.4 Å². The lowest BCUT2D eigenvalue weighted by molar-refractivity contribution is 0.122. The van der Waals surface area contributed by atoms with Gasteiger partial charge in [0.1, 0.15) is 11.2 Å². The standard InChI is InChI=1S/C17H22N8O.C2H6/c1-3-11(2)25-10-21-14-13(12-8-19-16(18)20-9-12)22-17(23-15(14)25)24-4-6-26-7-5-24;1-2/h8-11H,3-7H2,1-2H3,(H2,18,19,20);1-2H3. The van der Waals surface area contributed by atoms with Gasteiger partial charge in [-0.3, -0.25) is 0 Å². The number of morpholine rings is 1. The van der Waals surface area contributed by atoms with Crippen molar-refractivity contribution < 1.29 is 4.74 Å². The van der Waals surface area contributed by atoms with Crippen LogP contribution in [-0.2, 0) is 4.74 Å². The highest BCUT2D eigenvalue weighted by Gasteiger charge is 2.21. The molecule has 0 radical (unpaired) electrons. The van der Waals surface area contributed by atoms with Crippen LogP contribution >= 0.6 is 0 Å². The molecule has 0 bridgehead atoms. The minimum absolute atomic E-state index is 0.234. The van der Waals surface area contributed by atoms with E-state index in [0.29, 0.717) is 25.2 Å². The zero-order valence-corrected chi connectivity index (χ0v) is 17.0. The Balaban J connectivity index is 0.00000109. The zero-order valence-electron chi connectivity index (χ0n) is 17.0. The minimum Gasteiger partial charge on any atom is -0.378 e. The average molecular weight is 384 g/mol. The number of fused-ring (bicyclic) bond motifs is 1. The summed E-state index contributed by atoms with van der Waals surface area (Å²) in [5.41, 5.74) is 8.69. The van der Waals surface area contributed by atoms with Crippen LogP contribution in [0.3, 0.4) is 0 Å². The van der Waals surface area contributed by atoms with Gasteiger partial charge in [-0.1, -0.05) is 20.8 Å². The van der Waals surface area contributed by atoms with Crippen LogP contribution in [0.2, 0.25) is 0 Å². The van der Waals surface area contributed by atoms with Gasteiger partial charge in [0.25, 0.3) is 0 Å². The first kappa shape index (κ1) is 19.9.